The highest BCUT2D eigenvalue weighted by atomic mass is 79.9. The molecular weight excluding hydrogens is 378 g/mol. The maximum atomic E-state index is 5.57. The number of hydrogen-bond acceptors (Lipinski definition) is 3. The first-order valence-electron chi connectivity index (χ1n) is 8.69. The van der Waals surface area contributed by atoms with E-state index < -0.39 is 0 Å². The quantitative estimate of drug-likeness (QED) is 0.573. The number of rotatable bonds is 9. The lowest BCUT2D eigenvalue weighted by atomic mass is 9.92. The Balaban J connectivity index is 1.94. The van der Waals surface area contributed by atoms with Crippen LogP contribution < -0.4 is 14.8 Å². The van der Waals surface area contributed by atoms with E-state index in [4.69, 9.17) is 9.47 Å². The highest BCUT2D eigenvalue weighted by Gasteiger charge is 2.25. The average Bonchev–Trinajstić information content (AvgIpc) is 2.61. The molecule has 0 heterocycles. The molecule has 25 heavy (non-hydrogen) atoms. The Morgan fingerprint density at radius 1 is 0.960 bits per heavy atom. The Bertz CT molecular complexity index is 671. The van der Waals surface area contributed by atoms with Crippen molar-refractivity contribution in [2.45, 2.75) is 38.6 Å². The van der Waals surface area contributed by atoms with Crippen molar-refractivity contribution in [1.82, 2.24) is 5.32 Å². The number of halogens is 1. The Labute approximate surface area is 159 Å². The van der Waals surface area contributed by atoms with Crippen LogP contribution in [0.15, 0.2) is 46.9 Å². The molecule has 0 unspecified atom stereocenters. The van der Waals surface area contributed by atoms with Gasteiger partial charge in [-0.2, -0.15) is 0 Å². The van der Waals surface area contributed by atoms with Gasteiger partial charge in [0, 0.05) is 11.1 Å². The molecule has 0 bridgehead atoms. The number of nitrogens with one attached hydrogen (secondary N) is 1. The zero-order valence-corrected chi connectivity index (χ0v) is 17.2. The van der Waals surface area contributed by atoms with Crippen LogP contribution in [-0.2, 0) is 12.0 Å². The molecule has 0 amide bonds. The molecular formula is C21H28BrNO2. The third-order valence-electron chi connectivity index (χ3n) is 4.45. The van der Waals surface area contributed by atoms with Crippen LogP contribution in [0, 0.1) is 0 Å². The van der Waals surface area contributed by atoms with Gasteiger partial charge in [-0.05, 0) is 73.3 Å². The summed E-state index contributed by atoms with van der Waals surface area (Å²) in [5.74, 6) is 1.67. The van der Waals surface area contributed by atoms with Crippen molar-refractivity contribution in [1.29, 1.82) is 0 Å². The van der Waals surface area contributed by atoms with E-state index in [1.807, 2.05) is 12.1 Å². The van der Waals surface area contributed by atoms with Crippen LogP contribution in [0.1, 0.15) is 37.8 Å². The van der Waals surface area contributed by atoms with Crippen molar-refractivity contribution < 1.29 is 9.47 Å². The molecule has 0 atom stereocenters. The van der Waals surface area contributed by atoms with Crippen LogP contribution >= 0.6 is 15.9 Å². The first kappa shape index (κ1) is 19.8. The van der Waals surface area contributed by atoms with Crippen LogP contribution in [0.25, 0.3) is 0 Å². The minimum Gasteiger partial charge on any atom is -0.496 e. The summed E-state index contributed by atoms with van der Waals surface area (Å²) in [5, 5.41) is 3.66. The van der Waals surface area contributed by atoms with Gasteiger partial charge in [-0.25, -0.2) is 0 Å². The fourth-order valence-electron chi connectivity index (χ4n) is 2.94. The molecule has 1 N–H and O–H groups in total. The fourth-order valence-corrected chi connectivity index (χ4v) is 3.43. The van der Waals surface area contributed by atoms with Gasteiger partial charge in [0.2, 0.25) is 0 Å². The Morgan fingerprint density at radius 2 is 1.64 bits per heavy atom. The lowest BCUT2D eigenvalue weighted by Gasteiger charge is -2.29. The zero-order valence-electron chi connectivity index (χ0n) is 15.6. The van der Waals surface area contributed by atoms with E-state index >= 15 is 0 Å². The lowest BCUT2D eigenvalue weighted by Crippen LogP contribution is -2.37. The zero-order chi connectivity index (χ0) is 18.3. The average molecular weight is 406 g/mol. The number of methoxy groups -OCH3 is 2. The van der Waals surface area contributed by atoms with Crippen LogP contribution in [0.2, 0.25) is 0 Å². The highest BCUT2D eigenvalue weighted by Crippen LogP contribution is 2.38. The molecule has 136 valence electrons. The van der Waals surface area contributed by atoms with E-state index in [9.17, 15) is 0 Å². The number of hydrogen-bond donors (Lipinski definition) is 1. The van der Waals surface area contributed by atoms with Crippen LogP contribution in [0.5, 0.6) is 11.5 Å². The summed E-state index contributed by atoms with van der Waals surface area (Å²) in [6.45, 7) is 5.31. The highest BCUT2D eigenvalue weighted by molar-refractivity contribution is 9.10. The number of ether oxygens (including phenoxy) is 2. The second kappa shape index (κ2) is 9.25. The van der Waals surface area contributed by atoms with Gasteiger partial charge in [-0.3, -0.25) is 0 Å². The van der Waals surface area contributed by atoms with Gasteiger partial charge >= 0.3 is 0 Å². The van der Waals surface area contributed by atoms with E-state index in [0.717, 1.165) is 40.9 Å². The molecule has 3 nitrogen and oxygen atoms in total. The Kier molecular flexibility index (Phi) is 7.33. The molecule has 0 saturated carbocycles. The van der Waals surface area contributed by atoms with E-state index in [1.165, 1.54) is 12.0 Å². The molecule has 0 radical (unpaired) electrons. The van der Waals surface area contributed by atoms with Crippen LogP contribution in [-0.4, -0.2) is 20.8 Å². The molecule has 2 rings (SSSR count). The largest absolute Gasteiger partial charge is 0.496 e. The smallest absolute Gasteiger partial charge is 0.133 e. The van der Waals surface area contributed by atoms with E-state index in [-0.39, 0.29) is 5.54 Å². The van der Waals surface area contributed by atoms with Crippen molar-refractivity contribution in [2.75, 3.05) is 20.8 Å². The van der Waals surface area contributed by atoms with Crippen molar-refractivity contribution in [3.8, 4) is 11.5 Å². The third kappa shape index (κ3) is 5.48. The van der Waals surface area contributed by atoms with Gasteiger partial charge in [0.15, 0.2) is 0 Å². The summed E-state index contributed by atoms with van der Waals surface area (Å²) < 4.78 is 11.9. The summed E-state index contributed by atoms with van der Waals surface area (Å²) in [6.07, 6.45) is 3.43. The second-order valence-corrected chi connectivity index (χ2v) is 7.54. The maximum absolute atomic E-state index is 5.57. The molecule has 0 saturated heterocycles. The minimum absolute atomic E-state index is 0.202. The maximum Gasteiger partial charge on any atom is 0.133 e. The summed E-state index contributed by atoms with van der Waals surface area (Å²) in [5.41, 5.74) is 2.30. The molecule has 0 aliphatic rings. The Hall–Kier alpha value is -1.52. The fraction of sp³-hybridized carbons (Fsp3) is 0.429. The third-order valence-corrected chi connectivity index (χ3v) is 5.07. The molecule has 2 aromatic carbocycles. The van der Waals surface area contributed by atoms with Crippen molar-refractivity contribution in [2.24, 2.45) is 0 Å². The van der Waals surface area contributed by atoms with Crippen molar-refractivity contribution >= 4 is 15.9 Å². The number of aryl methyl sites for hydroxylation is 1. The monoisotopic (exact) mass is 405 g/mol. The van der Waals surface area contributed by atoms with E-state index in [0.29, 0.717) is 0 Å². The first-order chi connectivity index (χ1) is 12.0. The Morgan fingerprint density at radius 3 is 2.28 bits per heavy atom. The van der Waals surface area contributed by atoms with Crippen molar-refractivity contribution in [3.63, 3.8) is 0 Å². The topological polar surface area (TPSA) is 30.5 Å². The molecule has 4 heteroatoms. The van der Waals surface area contributed by atoms with Crippen LogP contribution in [0.3, 0.4) is 0 Å². The number of unbranched alkanes of at least 4 members (excludes halogenated alkanes) is 1. The van der Waals surface area contributed by atoms with Gasteiger partial charge in [0.05, 0.1) is 18.7 Å². The standard InChI is InChI=1S/C21H28BrNO2/c1-21(2,17-14-20(25-4)18(22)15-19(17)24-3)23-13-9-8-12-16-10-6-5-7-11-16/h5-7,10-11,14-15,23H,8-9,12-13H2,1-4H3. The normalized spacial score (nSPS) is 11.4. The summed E-state index contributed by atoms with van der Waals surface area (Å²) in [4.78, 5) is 0. The predicted molar refractivity (Wildman–Crippen MR) is 108 cm³/mol. The second-order valence-electron chi connectivity index (χ2n) is 6.68. The molecule has 0 aliphatic carbocycles. The van der Waals surface area contributed by atoms with E-state index in [2.05, 4.69) is 65.4 Å². The number of benzene rings is 2. The molecule has 2 aromatic rings. The first-order valence-corrected chi connectivity index (χ1v) is 9.48. The van der Waals surface area contributed by atoms with Crippen molar-refractivity contribution in [3.05, 3.63) is 58.1 Å². The van der Waals surface area contributed by atoms with Gasteiger partial charge in [0.1, 0.15) is 11.5 Å². The predicted octanol–water partition coefficient (Wildman–Crippen LogP) is 5.31. The van der Waals surface area contributed by atoms with Gasteiger partial charge in [-0.15, -0.1) is 0 Å². The lowest BCUT2D eigenvalue weighted by molar-refractivity contribution is 0.351. The molecule has 0 aliphatic heterocycles. The van der Waals surface area contributed by atoms with Crippen LogP contribution in [0.4, 0.5) is 0 Å². The summed E-state index contributed by atoms with van der Waals surface area (Å²) in [7, 11) is 3.38. The molecule has 0 fully saturated rings. The van der Waals surface area contributed by atoms with E-state index in [1.54, 1.807) is 14.2 Å². The summed E-state index contributed by atoms with van der Waals surface area (Å²) >= 11 is 3.52. The SMILES string of the molecule is COc1cc(C(C)(C)NCCCCc2ccccc2)c(OC)cc1Br. The van der Waals surface area contributed by atoms with Gasteiger partial charge in [0.25, 0.3) is 0 Å². The minimum atomic E-state index is -0.202. The summed E-state index contributed by atoms with van der Waals surface area (Å²) in [6, 6.07) is 14.7. The van der Waals surface area contributed by atoms with Gasteiger partial charge in [-0.1, -0.05) is 30.3 Å². The van der Waals surface area contributed by atoms with Gasteiger partial charge < -0.3 is 14.8 Å². The molecule has 0 aromatic heterocycles. The molecule has 0 spiro atoms.